The van der Waals surface area contributed by atoms with Gasteiger partial charge in [-0.05, 0) is 52.1 Å². The number of amides is 1. The van der Waals surface area contributed by atoms with Gasteiger partial charge in [0.05, 0.1) is 5.69 Å². The largest absolute Gasteiger partial charge is 0.448 e. The molecule has 170 valence electrons. The van der Waals surface area contributed by atoms with Crippen LogP contribution in [0.1, 0.15) is 22.6 Å². The van der Waals surface area contributed by atoms with Crippen LogP contribution in [0.4, 0.5) is 26.5 Å². The molecule has 7 heteroatoms. The Hall–Kier alpha value is -4.39. The molecule has 0 saturated carbocycles. The normalized spacial score (nSPS) is 12.0. The minimum Gasteiger partial charge on any atom is -0.448 e. The molecule has 0 spiro atoms. The smallest absolute Gasteiger partial charge is 0.411 e. The van der Waals surface area contributed by atoms with Gasteiger partial charge in [-0.25, -0.2) is 14.2 Å². The van der Waals surface area contributed by atoms with E-state index in [9.17, 15) is 9.18 Å². The molecule has 4 aromatic rings. The van der Waals surface area contributed by atoms with Crippen molar-refractivity contribution < 1.29 is 13.9 Å². The third kappa shape index (κ3) is 4.41. The molecule has 0 radical (unpaired) electrons. The number of ether oxygens (including phenoxy) is 1. The fourth-order valence-corrected chi connectivity index (χ4v) is 4.22. The minimum atomic E-state index is -0.595. The number of carbonyl (C=O) groups excluding carboxylic acids is 1. The zero-order chi connectivity index (χ0) is 23.5. The van der Waals surface area contributed by atoms with Crippen LogP contribution in [-0.4, -0.2) is 17.7 Å². The quantitative estimate of drug-likeness (QED) is 0.344. The van der Waals surface area contributed by atoms with Crippen LogP contribution in [-0.2, 0) is 11.3 Å². The molecule has 1 amide bonds. The van der Waals surface area contributed by atoms with E-state index in [1.54, 1.807) is 24.3 Å². The lowest BCUT2D eigenvalue weighted by molar-refractivity contribution is 0.158. The van der Waals surface area contributed by atoms with E-state index in [1.165, 1.54) is 23.3 Å². The molecular weight excluding hydrogens is 431 g/mol. The molecule has 0 unspecified atom stereocenters. The first-order valence-corrected chi connectivity index (χ1v) is 11.0. The third-order valence-electron chi connectivity index (χ3n) is 5.89. The van der Waals surface area contributed by atoms with Crippen LogP contribution < -0.4 is 16.4 Å². The summed E-state index contributed by atoms with van der Waals surface area (Å²) in [5.41, 5.74) is 11.9. The molecule has 4 N–H and O–H groups in total. The van der Waals surface area contributed by atoms with Gasteiger partial charge in [-0.2, -0.15) is 0 Å². The van der Waals surface area contributed by atoms with E-state index >= 15 is 0 Å². The maximum absolute atomic E-state index is 13.0. The number of nitrogens with two attached hydrogens (primary N) is 1. The predicted molar refractivity (Wildman–Crippen MR) is 131 cm³/mol. The van der Waals surface area contributed by atoms with Gasteiger partial charge in [-0.15, -0.1) is 0 Å². The second kappa shape index (κ2) is 9.23. The molecule has 1 aliphatic rings. The number of benzene rings is 3. The summed E-state index contributed by atoms with van der Waals surface area (Å²) in [6.07, 6.45) is -0.595. The molecule has 0 aliphatic heterocycles. The van der Waals surface area contributed by atoms with Gasteiger partial charge in [0.1, 0.15) is 24.1 Å². The highest BCUT2D eigenvalue weighted by molar-refractivity contribution is 5.88. The van der Waals surface area contributed by atoms with Crippen LogP contribution in [0, 0.1) is 5.82 Å². The van der Waals surface area contributed by atoms with E-state index < -0.39 is 6.09 Å². The Morgan fingerprint density at radius 1 is 0.912 bits per heavy atom. The van der Waals surface area contributed by atoms with E-state index in [-0.39, 0.29) is 24.2 Å². The number of fused-ring (bicyclic) bond motifs is 3. The number of halogens is 1. The number of hydrogen-bond donors (Lipinski definition) is 3. The van der Waals surface area contributed by atoms with Gasteiger partial charge in [0.2, 0.25) is 0 Å². The van der Waals surface area contributed by atoms with E-state index in [2.05, 4.69) is 39.9 Å². The van der Waals surface area contributed by atoms with Crippen molar-refractivity contribution in [2.24, 2.45) is 0 Å². The molecule has 0 saturated heterocycles. The lowest BCUT2D eigenvalue weighted by atomic mass is 9.98. The summed E-state index contributed by atoms with van der Waals surface area (Å²) < 4.78 is 18.6. The van der Waals surface area contributed by atoms with Gasteiger partial charge in [-0.1, -0.05) is 60.7 Å². The highest BCUT2D eigenvalue weighted by Crippen LogP contribution is 2.44. The van der Waals surface area contributed by atoms with Gasteiger partial charge in [0.25, 0.3) is 0 Å². The van der Waals surface area contributed by atoms with Gasteiger partial charge in [0, 0.05) is 12.5 Å². The first kappa shape index (κ1) is 21.5. The number of hydrogen-bond acceptors (Lipinski definition) is 5. The summed E-state index contributed by atoms with van der Waals surface area (Å²) in [4.78, 5) is 16.8. The Balaban J connectivity index is 1.20. The Morgan fingerprint density at radius 2 is 1.56 bits per heavy atom. The number of pyridine rings is 1. The van der Waals surface area contributed by atoms with Crippen molar-refractivity contribution >= 4 is 23.4 Å². The zero-order valence-electron chi connectivity index (χ0n) is 18.3. The maximum atomic E-state index is 13.0. The van der Waals surface area contributed by atoms with Gasteiger partial charge < -0.3 is 15.8 Å². The SMILES string of the molecule is Nc1nc(NCc2ccc(F)cc2)ccc1NC(=O)OCC1c2ccccc2-c2ccccc21. The molecular formula is C27H23FN4O2. The number of nitrogens with one attached hydrogen (secondary N) is 2. The summed E-state index contributed by atoms with van der Waals surface area (Å²) in [5, 5.41) is 5.80. The summed E-state index contributed by atoms with van der Waals surface area (Å²) in [6, 6.07) is 25.9. The number of rotatable bonds is 6. The van der Waals surface area contributed by atoms with Crippen LogP contribution in [0.25, 0.3) is 11.1 Å². The third-order valence-corrected chi connectivity index (χ3v) is 5.89. The van der Waals surface area contributed by atoms with E-state index in [4.69, 9.17) is 10.5 Å². The van der Waals surface area contributed by atoms with Crippen molar-refractivity contribution in [1.29, 1.82) is 0 Å². The highest BCUT2D eigenvalue weighted by atomic mass is 19.1. The monoisotopic (exact) mass is 454 g/mol. The minimum absolute atomic E-state index is 0.0216. The summed E-state index contributed by atoms with van der Waals surface area (Å²) in [6.45, 7) is 0.677. The van der Waals surface area contributed by atoms with Crippen molar-refractivity contribution in [3.8, 4) is 11.1 Å². The van der Waals surface area contributed by atoms with Crippen molar-refractivity contribution in [2.75, 3.05) is 23.0 Å². The van der Waals surface area contributed by atoms with Gasteiger partial charge >= 0.3 is 6.09 Å². The van der Waals surface area contributed by atoms with Crippen LogP contribution >= 0.6 is 0 Å². The van der Waals surface area contributed by atoms with Gasteiger partial charge in [-0.3, -0.25) is 5.32 Å². The Bertz CT molecular complexity index is 1300. The van der Waals surface area contributed by atoms with Crippen LogP contribution in [0.15, 0.2) is 84.9 Å². The summed E-state index contributed by atoms with van der Waals surface area (Å²) in [5.74, 6) is 0.402. The zero-order valence-corrected chi connectivity index (χ0v) is 18.3. The van der Waals surface area contributed by atoms with Crippen LogP contribution in [0.2, 0.25) is 0 Å². The van der Waals surface area contributed by atoms with Crippen molar-refractivity contribution in [1.82, 2.24) is 4.98 Å². The average molecular weight is 455 g/mol. The molecule has 0 bridgehead atoms. The fraction of sp³-hybridized carbons (Fsp3) is 0.111. The lowest BCUT2D eigenvalue weighted by Gasteiger charge is -2.15. The number of aromatic nitrogens is 1. The maximum Gasteiger partial charge on any atom is 0.411 e. The van der Waals surface area contributed by atoms with E-state index in [0.717, 1.165) is 16.7 Å². The van der Waals surface area contributed by atoms with Crippen LogP contribution in [0.3, 0.4) is 0 Å². The second-order valence-corrected chi connectivity index (χ2v) is 8.06. The number of carbonyl (C=O) groups is 1. The van der Waals surface area contributed by atoms with Crippen LogP contribution in [0.5, 0.6) is 0 Å². The molecule has 6 nitrogen and oxygen atoms in total. The highest BCUT2D eigenvalue weighted by Gasteiger charge is 2.29. The number of anilines is 3. The molecule has 3 aromatic carbocycles. The number of nitrogens with zero attached hydrogens (tertiary/aromatic N) is 1. The predicted octanol–water partition coefficient (Wildman–Crippen LogP) is 5.78. The Labute approximate surface area is 196 Å². The van der Waals surface area contributed by atoms with Crippen molar-refractivity contribution in [3.05, 3.63) is 107 Å². The molecule has 34 heavy (non-hydrogen) atoms. The van der Waals surface area contributed by atoms with E-state index in [1.807, 2.05) is 24.3 Å². The summed E-state index contributed by atoms with van der Waals surface area (Å²) in [7, 11) is 0. The lowest BCUT2D eigenvalue weighted by Crippen LogP contribution is -2.19. The second-order valence-electron chi connectivity index (χ2n) is 8.06. The topological polar surface area (TPSA) is 89.3 Å². The first-order chi connectivity index (χ1) is 16.6. The van der Waals surface area contributed by atoms with E-state index in [0.29, 0.717) is 18.1 Å². The summed E-state index contributed by atoms with van der Waals surface area (Å²) >= 11 is 0. The van der Waals surface area contributed by atoms with Crippen molar-refractivity contribution in [2.45, 2.75) is 12.5 Å². The standard InChI is InChI=1S/C27H23FN4O2/c28-18-11-9-17(10-12-18)15-30-25-14-13-24(26(29)32-25)31-27(33)34-16-23-21-7-3-1-5-19(21)20-6-2-4-8-22(20)23/h1-14,23H,15-16H2,(H,31,33)(H3,29,30,32). The molecule has 1 aromatic heterocycles. The Kier molecular flexibility index (Phi) is 5.82. The first-order valence-electron chi connectivity index (χ1n) is 11.0. The molecule has 1 heterocycles. The fourth-order valence-electron chi connectivity index (χ4n) is 4.22. The molecule has 1 aliphatic carbocycles. The Morgan fingerprint density at radius 3 is 2.21 bits per heavy atom. The number of nitrogen functional groups attached to an aromatic ring is 1. The molecule has 0 atom stereocenters. The van der Waals surface area contributed by atoms with Gasteiger partial charge in [0.15, 0.2) is 0 Å². The van der Waals surface area contributed by atoms with Crippen molar-refractivity contribution in [3.63, 3.8) is 0 Å². The average Bonchev–Trinajstić information content (AvgIpc) is 3.18. The molecule has 5 rings (SSSR count). The molecule has 0 fully saturated rings.